The van der Waals surface area contributed by atoms with Crippen LogP contribution in [0.25, 0.3) is 0 Å². The van der Waals surface area contributed by atoms with Crippen LogP contribution in [0, 0.1) is 13.8 Å². The first-order chi connectivity index (χ1) is 11.9. The summed E-state index contributed by atoms with van der Waals surface area (Å²) in [5.74, 6) is 0.651. The Morgan fingerprint density at radius 3 is 1.96 bits per heavy atom. The summed E-state index contributed by atoms with van der Waals surface area (Å²) in [5, 5.41) is 0. The maximum atomic E-state index is 12.8. The molecule has 0 saturated carbocycles. The quantitative estimate of drug-likeness (QED) is 0.841. The van der Waals surface area contributed by atoms with Crippen LogP contribution in [0.15, 0.2) is 47.4 Å². The van der Waals surface area contributed by atoms with Gasteiger partial charge in [-0.2, -0.15) is 4.31 Å². The van der Waals surface area contributed by atoms with Crippen LogP contribution >= 0.6 is 0 Å². The van der Waals surface area contributed by atoms with E-state index < -0.39 is 10.0 Å². The molecule has 2 aromatic carbocycles. The summed E-state index contributed by atoms with van der Waals surface area (Å²) in [6, 6.07) is 13.0. The first kappa shape index (κ1) is 17.8. The molecule has 2 aromatic rings. The summed E-state index contributed by atoms with van der Waals surface area (Å²) in [4.78, 5) is 2.56. The first-order valence-corrected chi connectivity index (χ1v) is 9.81. The molecule has 0 unspecified atom stereocenters. The van der Waals surface area contributed by atoms with E-state index in [-0.39, 0.29) is 0 Å². The van der Waals surface area contributed by atoms with Crippen molar-refractivity contribution in [1.82, 2.24) is 4.31 Å². The van der Waals surface area contributed by atoms with E-state index in [2.05, 4.69) is 36.9 Å². The molecule has 6 heteroatoms. The molecule has 134 valence electrons. The molecule has 0 aromatic heterocycles. The molecular weight excluding hydrogens is 336 g/mol. The Hall–Kier alpha value is -2.05. The Balaban J connectivity index is 1.72. The summed E-state index contributed by atoms with van der Waals surface area (Å²) in [7, 11) is -1.89. The molecular formula is C19H24N2O3S. The zero-order valence-corrected chi connectivity index (χ0v) is 15.7. The number of benzene rings is 2. The summed E-state index contributed by atoms with van der Waals surface area (Å²) >= 11 is 0. The third-order valence-electron chi connectivity index (χ3n) is 4.51. The zero-order valence-electron chi connectivity index (χ0n) is 14.9. The van der Waals surface area contributed by atoms with Gasteiger partial charge in [0.25, 0.3) is 0 Å². The van der Waals surface area contributed by atoms with E-state index in [0.717, 1.165) is 0 Å². The highest BCUT2D eigenvalue weighted by Crippen LogP contribution is 2.24. The van der Waals surface area contributed by atoms with E-state index in [0.29, 0.717) is 36.8 Å². The third kappa shape index (κ3) is 3.80. The lowest BCUT2D eigenvalue weighted by Gasteiger charge is -2.35. The number of piperazine rings is 1. The molecule has 0 N–H and O–H groups in total. The number of rotatable bonds is 4. The van der Waals surface area contributed by atoms with E-state index in [1.54, 1.807) is 35.7 Å². The molecule has 5 nitrogen and oxygen atoms in total. The number of hydrogen-bond donors (Lipinski definition) is 0. The molecule has 1 aliphatic heterocycles. The number of anilines is 1. The van der Waals surface area contributed by atoms with Crippen LogP contribution in [0.5, 0.6) is 5.75 Å². The Labute approximate surface area is 149 Å². The van der Waals surface area contributed by atoms with Crippen LogP contribution in [0.4, 0.5) is 5.69 Å². The number of hydrogen-bond acceptors (Lipinski definition) is 4. The first-order valence-electron chi connectivity index (χ1n) is 8.37. The van der Waals surface area contributed by atoms with E-state index in [1.807, 2.05) is 0 Å². The van der Waals surface area contributed by atoms with E-state index in [1.165, 1.54) is 16.8 Å². The van der Waals surface area contributed by atoms with E-state index >= 15 is 0 Å². The molecule has 25 heavy (non-hydrogen) atoms. The van der Waals surface area contributed by atoms with Crippen LogP contribution < -0.4 is 9.64 Å². The Bertz CT molecular complexity index is 819. The average Bonchev–Trinajstić information content (AvgIpc) is 2.61. The second-order valence-corrected chi connectivity index (χ2v) is 8.35. The summed E-state index contributed by atoms with van der Waals surface area (Å²) < 4.78 is 32.3. The molecule has 1 saturated heterocycles. The topological polar surface area (TPSA) is 49.9 Å². The van der Waals surface area contributed by atoms with Gasteiger partial charge < -0.3 is 9.64 Å². The van der Waals surface area contributed by atoms with Crippen molar-refractivity contribution in [2.24, 2.45) is 0 Å². The predicted octanol–water partition coefficient (Wildman–Crippen LogP) is 2.82. The molecule has 0 amide bonds. The second kappa shape index (κ2) is 7.06. The van der Waals surface area contributed by atoms with Gasteiger partial charge in [0.05, 0.1) is 12.0 Å². The molecule has 1 aliphatic rings. The minimum atomic E-state index is -3.46. The SMILES string of the molecule is COc1ccc(S(=O)(=O)N2CCN(c3cc(C)cc(C)c3)CC2)cc1. The van der Waals surface area contributed by atoms with Crippen molar-refractivity contribution in [2.75, 3.05) is 38.2 Å². The van der Waals surface area contributed by atoms with Gasteiger partial charge in [-0.25, -0.2) is 8.42 Å². The van der Waals surface area contributed by atoms with Crippen molar-refractivity contribution in [1.29, 1.82) is 0 Å². The summed E-state index contributed by atoms with van der Waals surface area (Å²) in [6.45, 7) is 6.53. The molecule has 3 rings (SSSR count). The van der Waals surface area contributed by atoms with Crippen LogP contribution in [0.2, 0.25) is 0 Å². The zero-order chi connectivity index (χ0) is 18.0. The molecule has 1 fully saturated rings. The normalized spacial score (nSPS) is 16.0. The molecule has 0 bridgehead atoms. The van der Waals surface area contributed by atoms with Crippen molar-refractivity contribution in [3.8, 4) is 5.75 Å². The van der Waals surface area contributed by atoms with Gasteiger partial charge in [0.1, 0.15) is 5.75 Å². The minimum Gasteiger partial charge on any atom is -0.497 e. The molecule has 0 aliphatic carbocycles. The fourth-order valence-electron chi connectivity index (χ4n) is 3.22. The van der Waals surface area contributed by atoms with Crippen LogP contribution in [0.1, 0.15) is 11.1 Å². The standard InChI is InChI=1S/C19H24N2O3S/c1-15-12-16(2)14-17(13-15)20-8-10-21(11-9-20)25(22,23)19-6-4-18(24-3)5-7-19/h4-7,12-14H,8-11H2,1-3H3. The fraction of sp³-hybridized carbons (Fsp3) is 0.368. The monoisotopic (exact) mass is 360 g/mol. The molecule has 0 radical (unpaired) electrons. The Morgan fingerprint density at radius 1 is 0.880 bits per heavy atom. The van der Waals surface area contributed by atoms with Gasteiger partial charge in [0, 0.05) is 31.9 Å². The number of sulfonamides is 1. The van der Waals surface area contributed by atoms with Gasteiger partial charge in [-0.1, -0.05) is 6.07 Å². The number of ether oxygens (including phenoxy) is 1. The van der Waals surface area contributed by atoms with E-state index in [9.17, 15) is 8.42 Å². The Kier molecular flexibility index (Phi) is 5.01. The largest absolute Gasteiger partial charge is 0.497 e. The molecule has 0 spiro atoms. The van der Waals surface area contributed by atoms with Gasteiger partial charge in [-0.3, -0.25) is 0 Å². The number of aryl methyl sites for hydroxylation is 2. The van der Waals surface area contributed by atoms with Gasteiger partial charge in [-0.05, 0) is 61.4 Å². The van der Waals surface area contributed by atoms with Crippen molar-refractivity contribution in [3.63, 3.8) is 0 Å². The highest BCUT2D eigenvalue weighted by Gasteiger charge is 2.28. The lowest BCUT2D eigenvalue weighted by atomic mass is 10.1. The van der Waals surface area contributed by atoms with Crippen molar-refractivity contribution in [3.05, 3.63) is 53.6 Å². The Morgan fingerprint density at radius 2 is 1.44 bits per heavy atom. The van der Waals surface area contributed by atoms with Crippen LogP contribution in [0.3, 0.4) is 0 Å². The number of methoxy groups -OCH3 is 1. The maximum Gasteiger partial charge on any atom is 0.243 e. The van der Waals surface area contributed by atoms with Crippen molar-refractivity contribution < 1.29 is 13.2 Å². The number of nitrogens with zero attached hydrogens (tertiary/aromatic N) is 2. The fourth-order valence-corrected chi connectivity index (χ4v) is 4.64. The van der Waals surface area contributed by atoms with Gasteiger partial charge in [0.15, 0.2) is 0 Å². The van der Waals surface area contributed by atoms with Crippen molar-refractivity contribution >= 4 is 15.7 Å². The third-order valence-corrected chi connectivity index (χ3v) is 6.42. The lowest BCUT2D eigenvalue weighted by molar-refractivity contribution is 0.384. The highest BCUT2D eigenvalue weighted by atomic mass is 32.2. The molecule has 1 heterocycles. The van der Waals surface area contributed by atoms with Gasteiger partial charge in [0.2, 0.25) is 10.0 Å². The predicted molar refractivity (Wildman–Crippen MR) is 99.9 cm³/mol. The minimum absolute atomic E-state index is 0.313. The van der Waals surface area contributed by atoms with Gasteiger partial charge in [-0.15, -0.1) is 0 Å². The van der Waals surface area contributed by atoms with E-state index in [4.69, 9.17) is 4.74 Å². The summed E-state index contributed by atoms with van der Waals surface area (Å²) in [6.07, 6.45) is 0. The van der Waals surface area contributed by atoms with Crippen molar-refractivity contribution in [2.45, 2.75) is 18.7 Å². The van der Waals surface area contributed by atoms with Crippen LogP contribution in [-0.4, -0.2) is 46.0 Å². The van der Waals surface area contributed by atoms with Crippen LogP contribution in [-0.2, 0) is 10.0 Å². The highest BCUT2D eigenvalue weighted by molar-refractivity contribution is 7.89. The van der Waals surface area contributed by atoms with Gasteiger partial charge >= 0.3 is 0 Å². The molecule has 0 atom stereocenters. The summed E-state index contributed by atoms with van der Waals surface area (Å²) in [5.41, 5.74) is 3.62. The maximum absolute atomic E-state index is 12.8. The average molecular weight is 360 g/mol. The second-order valence-electron chi connectivity index (χ2n) is 6.41. The smallest absolute Gasteiger partial charge is 0.243 e. The lowest BCUT2D eigenvalue weighted by Crippen LogP contribution is -2.48.